The van der Waals surface area contributed by atoms with Crippen molar-refractivity contribution in [2.75, 3.05) is 32.8 Å². The number of para-hydroxylation sites is 1. The van der Waals surface area contributed by atoms with Crippen LogP contribution in [0, 0.1) is 0 Å². The van der Waals surface area contributed by atoms with Gasteiger partial charge in [-0.2, -0.15) is 0 Å². The van der Waals surface area contributed by atoms with Crippen molar-refractivity contribution in [2.45, 2.75) is 18.9 Å². The molecule has 1 fully saturated rings. The minimum absolute atomic E-state index is 0.0879. The Morgan fingerprint density at radius 2 is 1.64 bits per heavy atom. The predicted molar refractivity (Wildman–Crippen MR) is 135 cm³/mol. The van der Waals surface area contributed by atoms with Gasteiger partial charge in [0.15, 0.2) is 11.5 Å². The van der Waals surface area contributed by atoms with E-state index in [9.17, 15) is 14.4 Å². The highest BCUT2D eigenvalue weighted by molar-refractivity contribution is 6.23. The summed E-state index contributed by atoms with van der Waals surface area (Å²) in [7, 11) is 4.64. The van der Waals surface area contributed by atoms with Crippen LogP contribution in [-0.2, 0) is 16.0 Å². The van der Waals surface area contributed by atoms with E-state index in [1.54, 1.807) is 68.8 Å². The van der Waals surface area contributed by atoms with E-state index in [1.807, 2.05) is 18.2 Å². The van der Waals surface area contributed by atoms with E-state index in [1.165, 1.54) is 12.0 Å². The number of nitrogens with zero attached hydrogens (tertiary/aromatic N) is 2. The molecule has 0 N–H and O–H groups in total. The van der Waals surface area contributed by atoms with Gasteiger partial charge in [-0.05, 0) is 54.4 Å². The lowest BCUT2D eigenvalue weighted by Gasteiger charge is -2.28. The van der Waals surface area contributed by atoms with E-state index in [-0.39, 0.29) is 24.8 Å². The maximum Gasteiger partial charge on any atom is 0.257 e. The van der Waals surface area contributed by atoms with Crippen molar-refractivity contribution in [3.63, 3.8) is 0 Å². The van der Waals surface area contributed by atoms with Crippen LogP contribution >= 0.6 is 0 Å². The number of hydrogen-bond acceptors (Lipinski definition) is 6. The topological polar surface area (TPSA) is 85.4 Å². The van der Waals surface area contributed by atoms with Crippen LogP contribution in [0.2, 0.25) is 0 Å². The molecule has 8 heteroatoms. The molecule has 0 spiro atoms. The number of rotatable bonds is 9. The summed E-state index contributed by atoms with van der Waals surface area (Å²) in [4.78, 5) is 42.7. The SMILES string of the molecule is COc1cccc(C(=O)N(CCc2ccc(OC)c(OC)c2)C2CC(=O)N(c3ccccc3)C2=O)c1. The minimum atomic E-state index is -0.920. The highest BCUT2D eigenvalue weighted by atomic mass is 16.5. The normalized spacial score (nSPS) is 15.1. The summed E-state index contributed by atoms with van der Waals surface area (Å²) in [5.41, 5.74) is 1.76. The Morgan fingerprint density at radius 3 is 2.33 bits per heavy atom. The van der Waals surface area contributed by atoms with Gasteiger partial charge in [-0.3, -0.25) is 14.4 Å². The maximum absolute atomic E-state index is 13.7. The van der Waals surface area contributed by atoms with E-state index in [4.69, 9.17) is 14.2 Å². The number of carbonyl (C=O) groups is 3. The fraction of sp³-hybridized carbons (Fsp3) is 0.250. The van der Waals surface area contributed by atoms with Crippen LogP contribution in [0.15, 0.2) is 72.8 Å². The van der Waals surface area contributed by atoms with Crippen molar-refractivity contribution < 1.29 is 28.6 Å². The lowest BCUT2D eigenvalue weighted by Crippen LogP contribution is -2.46. The number of methoxy groups -OCH3 is 3. The molecular formula is C28H28N2O6. The van der Waals surface area contributed by atoms with Gasteiger partial charge in [-0.1, -0.05) is 30.3 Å². The molecule has 186 valence electrons. The Labute approximate surface area is 210 Å². The molecule has 1 aliphatic heterocycles. The van der Waals surface area contributed by atoms with Gasteiger partial charge in [0.2, 0.25) is 5.91 Å². The molecule has 36 heavy (non-hydrogen) atoms. The number of ether oxygens (including phenoxy) is 3. The summed E-state index contributed by atoms with van der Waals surface area (Å²) in [5, 5.41) is 0. The summed E-state index contributed by atoms with van der Waals surface area (Å²) in [6, 6.07) is 20.1. The third-order valence-electron chi connectivity index (χ3n) is 6.18. The molecule has 4 rings (SSSR count). The van der Waals surface area contributed by atoms with Gasteiger partial charge in [0.1, 0.15) is 11.8 Å². The van der Waals surface area contributed by atoms with Crippen LogP contribution in [0.1, 0.15) is 22.3 Å². The van der Waals surface area contributed by atoms with Gasteiger partial charge in [0.05, 0.1) is 33.4 Å². The standard InChI is InChI=1S/C28H28N2O6/c1-34-22-11-7-8-20(17-22)27(32)29(15-14-19-12-13-24(35-2)25(16-19)36-3)23-18-26(31)30(28(23)33)21-9-5-4-6-10-21/h4-13,16-17,23H,14-15,18H2,1-3H3. The lowest BCUT2D eigenvalue weighted by molar-refractivity contribution is -0.122. The summed E-state index contributed by atoms with van der Waals surface area (Å²) in [5.74, 6) is 0.583. The van der Waals surface area contributed by atoms with Crippen molar-refractivity contribution in [3.05, 3.63) is 83.9 Å². The van der Waals surface area contributed by atoms with Gasteiger partial charge >= 0.3 is 0 Å². The number of carbonyl (C=O) groups excluding carboxylic acids is 3. The quantitative estimate of drug-likeness (QED) is 0.427. The molecule has 0 radical (unpaired) electrons. The Hall–Kier alpha value is -4.33. The molecular weight excluding hydrogens is 460 g/mol. The Morgan fingerprint density at radius 1 is 0.889 bits per heavy atom. The number of benzene rings is 3. The summed E-state index contributed by atoms with van der Waals surface area (Å²) < 4.78 is 16.0. The van der Waals surface area contributed by atoms with E-state index >= 15 is 0 Å². The minimum Gasteiger partial charge on any atom is -0.497 e. The smallest absolute Gasteiger partial charge is 0.257 e. The molecule has 1 saturated heterocycles. The highest BCUT2D eigenvalue weighted by Crippen LogP contribution is 2.30. The average molecular weight is 489 g/mol. The zero-order valence-electron chi connectivity index (χ0n) is 20.5. The molecule has 8 nitrogen and oxygen atoms in total. The van der Waals surface area contributed by atoms with Crippen LogP contribution in [0.5, 0.6) is 17.2 Å². The molecule has 1 heterocycles. The zero-order chi connectivity index (χ0) is 25.7. The highest BCUT2D eigenvalue weighted by Gasteiger charge is 2.44. The van der Waals surface area contributed by atoms with Gasteiger partial charge < -0.3 is 19.1 Å². The number of amides is 3. The summed E-state index contributed by atoms with van der Waals surface area (Å²) in [6.07, 6.45) is 0.356. The first-order valence-electron chi connectivity index (χ1n) is 11.5. The van der Waals surface area contributed by atoms with Crippen molar-refractivity contribution in [1.82, 2.24) is 4.90 Å². The van der Waals surface area contributed by atoms with Gasteiger partial charge in [0, 0.05) is 12.1 Å². The van der Waals surface area contributed by atoms with Crippen LogP contribution in [0.25, 0.3) is 0 Å². The van der Waals surface area contributed by atoms with Crippen molar-refractivity contribution in [2.24, 2.45) is 0 Å². The van der Waals surface area contributed by atoms with Crippen LogP contribution in [0.4, 0.5) is 5.69 Å². The van der Waals surface area contributed by atoms with Crippen LogP contribution in [-0.4, -0.2) is 56.5 Å². The molecule has 1 atom stereocenters. The number of imide groups is 1. The van der Waals surface area contributed by atoms with Gasteiger partial charge in [-0.25, -0.2) is 4.90 Å². The van der Waals surface area contributed by atoms with Crippen molar-refractivity contribution >= 4 is 23.4 Å². The zero-order valence-corrected chi connectivity index (χ0v) is 20.5. The second-order valence-electron chi connectivity index (χ2n) is 8.29. The first kappa shape index (κ1) is 24.8. The average Bonchev–Trinajstić information content (AvgIpc) is 3.22. The Balaban J connectivity index is 1.65. The predicted octanol–water partition coefficient (Wildman–Crippen LogP) is 3.73. The number of anilines is 1. The second kappa shape index (κ2) is 10.9. The molecule has 3 aromatic carbocycles. The molecule has 0 aromatic heterocycles. The first-order valence-corrected chi connectivity index (χ1v) is 11.5. The molecule has 3 aromatic rings. The molecule has 1 aliphatic rings. The van der Waals surface area contributed by atoms with E-state index in [0.717, 1.165) is 10.5 Å². The lowest BCUT2D eigenvalue weighted by atomic mass is 10.1. The van der Waals surface area contributed by atoms with Crippen LogP contribution < -0.4 is 19.1 Å². The monoisotopic (exact) mass is 488 g/mol. The number of hydrogen-bond donors (Lipinski definition) is 0. The first-order chi connectivity index (χ1) is 17.5. The molecule has 1 unspecified atom stereocenters. The van der Waals surface area contributed by atoms with Crippen LogP contribution in [0.3, 0.4) is 0 Å². The second-order valence-corrected chi connectivity index (χ2v) is 8.29. The molecule has 3 amide bonds. The van der Waals surface area contributed by atoms with Gasteiger partial charge in [-0.15, -0.1) is 0 Å². The molecule has 0 saturated carbocycles. The van der Waals surface area contributed by atoms with E-state index in [0.29, 0.717) is 34.9 Å². The van der Waals surface area contributed by atoms with E-state index in [2.05, 4.69) is 0 Å². The van der Waals surface area contributed by atoms with Crippen molar-refractivity contribution in [1.29, 1.82) is 0 Å². The Bertz CT molecular complexity index is 1260. The Kier molecular flexibility index (Phi) is 7.53. The summed E-state index contributed by atoms with van der Waals surface area (Å²) >= 11 is 0. The fourth-order valence-electron chi connectivity index (χ4n) is 4.31. The van der Waals surface area contributed by atoms with Gasteiger partial charge in [0.25, 0.3) is 11.8 Å². The third-order valence-corrected chi connectivity index (χ3v) is 6.18. The largest absolute Gasteiger partial charge is 0.497 e. The maximum atomic E-state index is 13.7. The fourth-order valence-corrected chi connectivity index (χ4v) is 4.31. The van der Waals surface area contributed by atoms with E-state index < -0.39 is 11.9 Å². The third kappa shape index (κ3) is 5.02. The molecule has 0 aliphatic carbocycles. The summed E-state index contributed by atoms with van der Waals surface area (Å²) in [6.45, 7) is 0.220. The molecule has 0 bridgehead atoms. The van der Waals surface area contributed by atoms with Crippen molar-refractivity contribution in [3.8, 4) is 17.2 Å².